The second-order valence-electron chi connectivity index (χ2n) is 26.3. The van der Waals surface area contributed by atoms with Crippen molar-refractivity contribution in [3.63, 3.8) is 0 Å². The van der Waals surface area contributed by atoms with Crippen LogP contribution in [0.3, 0.4) is 0 Å². The maximum absolute atomic E-state index is 15.4. The van der Waals surface area contributed by atoms with Crippen LogP contribution in [0.15, 0.2) is 52.4 Å². The molecule has 4 rings (SSSR count). The van der Waals surface area contributed by atoms with Gasteiger partial charge in [0.15, 0.2) is 17.5 Å². The molecule has 0 aliphatic carbocycles. The summed E-state index contributed by atoms with van der Waals surface area (Å²) in [6.07, 6.45) is 25.7. The van der Waals surface area contributed by atoms with Crippen molar-refractivity contribution < 1.29 is 33.0 Å². The number of nitrogens with one attached hydrogen (secondary N) is 1. The van der Waals surface area contributed by atoms with Gasteiger partial charge < -0.3 is 14.8 Å². The predicted molar refractivity (Wildman–Crippen MR) is 314 cm³/mol. The summed E-state index contributed by atoms with van der Waals surface area (Å²) in [6.45, 7) is 30.8. The zero-order chi connectivity index (χ0) is 55.6. The lowest BCUT2D eigenvalue weighted by Crippen LogP contribution is -2.58. The van der Waals surface area contributed by atoms with Gasteiger partial charge in [0.25, 0.3) is 11.8 Å². The van der Waals surface area contributed by atoms with Gasteiger partial charge in [-0.2, -0.15) is 0 Å². The summed E-state index contributed by atoms with van der Waals surface area (Å²) in [6, 6.07) is 10.8. The summed E-state index contributed by atoms with van der Waals surface area (Å²) >= 11 is 0. The van der Waals surface area contributed by atoms with Crippen molar-refractivity contribution in [2.75, 3.05) is 18.5 Å². The van der Waals surface area contributed by atoms with Gasteiger partial charge in [0.2, 0.25) is 0 Å². The average molecular weight is 1060 g/mol. The Kier molecular flexibility index (Phi) is 25.0. The highest BCUT2D eigenvalue weighted by atomic mass is 32.3. The molecule has 11 nitrogen and oxygen atoms in total. The number of unbranched alkanes of at least 4 members (excludes halogenated alkanes) is 15. The number of cyclic esters (lactones) is 1. The van der Waals surface area contributed by atoms with Crippen LogP contribution in [-0.2, 0) is 19.7 Å². The molecular weight excluding hydrogens is 957 g/mol. The Morgan fingerprint density at radius 1 is 0.720 bits per heavy atom. The number of carbonyl (C=O) groups excluding carboxylic acids is 3. The fraction of sp³-hybridized carbons (Fsp3) is 0.746. The molecule has 0 radical (unpaired) electrons. The van der Waals surface area contributed by atoms with Gasteiger partial charge in [-0.3, -0.25) is 23.0 Å². The third-order valence-corrected chi connectivity index (χ3v) is 17.3. The number of anilines is 1. The molecular formula is C63H106N4O7S. The summed E-state index contributed by atoms with van der Waals surface area (Å²) in [5.74, 6) is 0.304. The van der Waals surface area contributed by atoms with Crippen LogP contribution in [0.2, 0.25) is 0 Å². The Morgan fingerprint density at radius 2 is 1.24 bits per heavy atom. The van der Waals surface area contributed by atoms with E-state index in [0.717, 1.165) is 81.1 Å². The first-order valence-corrected chi connectivity index (χ1v) is 31.1. The first kappa shape index (κ1) is 63.9. The highest BCUT2D eigenvalue weighted by molar-refractivity contribution is 8.22. The van der Waals surface area contributed by atoms with Crippen molar-refractivity contribution in [2.45, 2.75) is 267 Å². The lowest BCUT2D eigenvalue weighted by molar-refractivity contribution is -0.137. The minimum absolute atomic E-state index is 0.103. The summed E-state index contributed by atoms with van der Waals surface area (Å²) in [5.41, 5.74) is 0.262. The number of hydrogen-bond donors (Lipinski definition) is 3. The number of ether oxygens (including phenoxy) is 2. The molecule has 0 spiro atoms. The second kappa shape index (κ2) is 29.4. The van der Waals surface area contributed by atoms with Gasteiger partial charge in [0.1, 0.15) is 10.6 Å². The fourth-order valence-corrected chi connectivity index (χ4v) is 12.8. The molecule has 2 aromatic carbocycles. The van der Waals surface area contributed by atoms with E-state index in [1.54, 1.807) is 24.3 Å². The zero-order valence-corrected chi connectivity index (χ0v) is 50.5. The van der Waals surface area contributed by atoms with Gasteiger partial charge in [-0.15, -0.1) is 0 Å². The molecule has 12 heteroatoms. The second-order valence-corrected chi connectivity index (χ2v) is 28.3. The first-order valence-electron chi connectivity index (χ1n) is 29.6. The van der Waals surface area contributed by atoms with Crippen molar-refractivity contribution in [1.29, 1.82) is 0 Å². The van der Waals surface area contributed by atoms with Crippen molar-refractivity contribution in [3.05, 3.63) is 48.0 Å². The summed E-state index contributed by atoms with van der Waals surface area (Å²) in [4.78, 5) is 49.6. The van der Waals surface area contributed by atoms with Crippen molar-refractivity contribution >= 4 is 45.9 Å². The maximum atomic E-state index is 15.4. The van der Waals surface area contributed by atoms with E-state index in [1.807, 2.05) is 18.2 Å². The summed E-state index contributed by atoms with van der Waals surface area (Å²) in [5, 5.41) is 3.09. The van der Waals surface area contributed by atoms with E-state index in [-0.39, 0.29) is 45.1 Å². The van der Waals surface area contributed by atoms with Gasteiger partial charge in [-0.25, -0.2) is 14.7 Å². The molecule has 3 amide bonds. The normalized spacial score (nSPS) is 17.7. The minimum Gasteiger partial charge on any atom is -0.491 e. The molecule has 0 bridgehead atoms. The molecule has 1 saturated heterocycles. The van der Waals surface area contributed by atoms with Crippen molar-refractivity contribution in [3.8, 4) is 5.75 Å². The molecule has 2 heterocycles. The fourth-order valence-electron chi connectivity index (χ4n) is 11.1. The summed E-state index contributed by atoms with van der Waals surface area (Å²) < 4.78 is 38.4. The highest BCUT2D eigenvalue weighted by Gasteiger charge is 2.55. The number of imide groups is 1. The van der Waals surface area contributed by atoms with Gasteiger partial charge >= 0.3 is 6.09 Å². The molecule has 2 aliphatic heterocycles. The van der Waals surface area contributed by atoms with E-state index >= 15 is 4.79 Å². The number of amidine groups is 1. The predicted octanol–water partition coefficient (Wildman–Crippen LogP) is 18.5. The van der Waals surface area contributed by atoms with E-state index in [4.69, 9.17) is 14.5 Å². The SMILES string of the molecule is CCCCCCCCCCCCCCCCCCN1C(C(C(=O)Nc2ccc(C(C)(C)C)cc2OCC(CCC(CC)CC(C)(C)C)CC(CC)CC(C)(C)C)N2C(=O)OC(C)(C)C2=O)=Nc2ccccc2S1(O)O. The Balaban J connectivity index is 1.63. The molecule has 4 unspecified atom stereocenters. The van der Waals surface area contributed by atoms with Crippen LogP contribution < -0.4 is 10.1 Å². The Morgan fingerprint density at radius 3 is 1.75 bits per heavy atom. The Bertz CT molecular complexity index is 2120. The van der Waals surface area contributed by atoms with Crippen LogP contribution in [0.5, 0.6) is 5.75 Å². The molecule has 0 saturated carbocycles. The quantitative estimate of drug-likeness (QED) is 0.0600. The number of aliphatic imine (C=N–C) groups is 1. The first-order chi connectivity index (χ1) is 35.2. The molecule has 0 aromatic heterocycles. The topological polar surface area (TPSA) is 141 Å². The lowest BCUT2D eigenvalue weighted by atomic mass is 9.77. The van der Waals surface area contributed by atoms with Crippen molar-refractivity contribution in [2.24, 2.45) is 33.6 Å². The Hall–Kier alpha value is -3.61. The number of amides is 3. The van der Waals surface area contributed by atoms with Crippen molar-refractivity contribution in [1.82, 2.24) is 9.21 Å². The zero-order valence-electron chi connectivity index (χ0n) is 49.7. The number of rotatable bonds is 33. The Labute approximate surface area is 458 Å². The van der Waals surface area contributed by atoms with Crippen LogP contribution in [-0.4, -0.2) is 66.8 Å². The van der Waals surface area contributed by atoms with E-state index in [2.05, 4.69) is 88.4 Å². The molecule has 3 N–H and O–H groups in total. The van der Waals surface area contributed by atoms with Crippen LogP contribution in [0, 0.1) is 28.6 Å². The summed E-state index contributed by atoms with van der Waals surface area (Å²) in [7, 11) is -3.79. The maximum Gasteiger partial charge on any atom is 0.418 e. The smallest absolute Gasteiger partial charge is 0.418 e. The number of hydrogen-bond acceptors (Lipinski definition) is 9. The highest BCUT2D eigenvalue weighted by Crippen LogP contribution is 2.58. The molecule has 426 valence electrons. The van der Waals surface area contributed by atoms with Gasteiger partial charge in [0.05, 0.1) is 18.0 Å². The third kappa shape index (κ3) is 20.3. The molecule has 4 atom stereocenters. The monoisotopic (exact) mass is 1060 g/mol. The van der Waals surface area contributed by atoms with Crippen LogP contribution in [0.25, 0.3) is 0 Å². The largest absolute Gasteiger partial charge is 0.491 e. The molecule has 1 fully saturated rings. The van der Waals surface area contributed by atoms with Crippen LogP contribution in [0.4, 0.5) is 16.2 Å². The van der Waals surface area contributed by atoms with E-state index in [0.29, 0.717) is 36.3 Å². The number of para-hydroxylation sites is 1. The standard InChI is InChI=1S/C63H106N4O7S/c1-15-18-19-20-21-22-23-24-25-26-27-28-29-30-31-34-41-66-56(64-52-35-32-33-36-54(52)75(66,71)72)55(67-58(69)63(13,14)74-59(67)70)57(68)65-51-40-39-50(62(10,11)12)43-53(51)73-46-49(42-48(17-3)45-61(7,8)9)38-37-47(16-2)44-60(4,5)6/h32-33,35-36,39-40,43,47-49,55,71-72H,15-31,34,37-38,41-42,44-46H2,1-14H3,(H,65,68). The number of carbonyl (C=O) groups is 3. The molecule has 2 aliphatic rings. The third-order valence-electron chi connectivity index (χ3n) is 15.4. The number of nitrogens with zero attached hydrogens (tertiary/aromatic N) is 3. The number of benzene rings is 2. The van der Waals surface area contributed by atoms with E-state index < -0.39 is 40.3 Å². The van der Waals surface area contributed by atoms with Gasteiger partial charge in [-0.1, -0.05) is 228 Å². The van der Waals surface area contributed by atoms with E-state index in [1.165, 1.54) is 88.8 Å². The molecule has 75 heavy (non-hydrogen) atoms. The minimum atomic E-state index is -3.79. The van der Waals surface area contributed by atoms with Gasteiger partial charge in [-0.05, 0) is 110 Å². The lowest BCUT2D eigenvalue weighted by Gasteiger charge is -2.48. The number of fused-ring (bicyclic) bond motifs is 1. The van der Waals surface area contributed by atoms with Crippen LogP contribution >= 0.6 is 10.8 Å². The molecule has 2 aromatic rings. The van der Waals surface area contributed by atoms with Gasteiger partial charge in [0, 0.05) is 6.54 Å². The average Bonchev–Trinajstić information content (AvgIpc) is 3.52. The van der Waals surface area contributed by atoms with Crippen LogP contribution in [0.1, 0.15) is 250 Å². The van der Waals surface area contributed by atoms with E-state index in [9.17, 15) is 18.7 Å².